The summed E-state index contributed by atoms with van der Waals surface area (Å²) in [6.45, 7) is 4.53. The van der Waals surface area contributed by atoms with E-state index < -0.39 is 11.4 Å². The number of H-pyrrole nitrogens is 2. The van der Waals surface area contributed by atoms with E-state index in [9.17, 15) is 9.59 Å². The molecule has 4 N–H and O–H groups in total. The first-order valence-corrected chi connectivity index (χ1v) is 4.04. The summed E-state index contributed by atoms with van der Waals surface area (Å²) < 4.78 is 1.10. The summed E-state index contributed by atoms with van der Waals surface area (Å²) in [6.07, 6.45) is 0. The molecule has 1 aromatic rings. The zero-order chi connectivity index (χ0) is 10.1. The summed E-state index contributed by atoms with van der Waals surface area (Å²) in [5.41, 5.74) is 4.39. The highest BCUT2D eigenvalue weighted by molar-refractivity contribution is 4.74. The van der Waals surface area contributed by atoms with Gasteiger partial charge in [-0.2, -0.15) is 0 Å². The van der Waals surface area contributed by atoms with E-state index in [-0.39, 0.29) is 5.41 Å². The van der Waals surface area contributed by atoms with Crippen molar-refractivity contribution in [3.05, 3.63) is 21.0 Å². The summed E-state index contributed by atoms with van der Waals surface area (Å²) in [7, 11) is 0. The predicted octanol–water partition coefficient (Wildman–Crippen LogP) is -1.15. The molecular weight excluding hydrogens is 172 g/mol. The Labute approximate surface area is 74.7 Å². The smallest absolute Gasteiger partial charge is 0.330 e. The number of hydrogen-bond acceptors (Lipinski definition) is 3. The molecule has 1 heterocycles. The number of nitrogens with one attached hydrogen (secondary N) is 2. The molecule has 0 aliphatic rings. The molecule has 0 bridgehead atoms. The van der Waals surface area contributed by atoms with E-state index >= 15 is 0 Å². The van der Waals surface area contributed by atoms with Crippen LogP contribution in [0.4, 0.5) is 0 Å². The Morgan fingerprint density at radius 3 is 2.15 bits per heavy atom. The zero-order valence-electron chi connectivity index (χ0n) is 7.76. The van der Waals surface area contributed by atoms with Gasteiger partial charge in [-0.15, -0.1) is 0 Å². The van der Waals surface area contributed by atoms with Crippen LogP contribution in [-0.4, -0.2) is 21.3 Å². The number of hydrogen-bond donors (Lipinski definition) is 3. The highest BCUT2D eigenvalue weighted by Crippen LogP contribution is 2.13. The van der Waals surface area contributed by atoms with Gasteiger partial charge in [0, 0.05) is 6.54 Å². The quantitative estimate of drug-likeness (QED) is 0.556. The third kappa shape index (κ3) is 2.09. The molecule has 0 aliphatic carbocycles. The van der Waals surface area contributed by atoms with Gasteiger partial charge in [0.2, 0.25) is 0 Å². The first kappa shape index (κ1) is 9.79. The number of nitrogens with zero attached hydrogens (tertiary/aromatic N) is 1. The molecule has 6 nitrogen and oxygen atoms in total. The van der Waals surface area contributed by atoms with Crippen molar-refractivity contribution in [2.24, 2.45) is 11.1 Å². The number of aromatic nitrogens is 3. The predicted molar refractivity (Wildman–Crippen MR) is 48.5 cm³/mol. The maximum Gasteiger partial charge on any atom is 0.344 e. The first-order valence-electron chi connectivity index (χ1n) is 4.04. The molecule has 0 unspecified atom stereocenters. The van der Waals surface area contributed by atoms with Gasteiger partial charge in [0.25, 0.3) is 0 Å². The van der Waals surface area contributed by atoms with Crippen LogP contribution in [0.3, 0.4) is 0 Å². The lowest BCUT2D eigenvalue weighted by atomic mass is 9.94. The average molecular weight is 186 g/mol. The largest absolute Gasteiger partial charge is 0.344 e. The highest BCUT2D eigenvalue weighted by atomic mass is 16.2. The molecule has 1 rings (SSSR count). The second-order valence-electron chi connectivity index (χ2n) is 3.81. The van der Waals surface area contributed by atoms with Crippen LogP contribution in [0.2, 0.25) is 0 Å². The first-order chi connectivity index (χ1) is 5.96. The number of aromatic amines is 2. The van der Waals surface area contributed by atoms with Gasteiger partial charge < -0.3 is 5.73 Å². The maximum absolute atomic E-state index is 11.1. The van der Waals surface area contributed by atoms with E-state index in [0.29, 0.717) is 13.1 Å². The van der Waals surface area contributed by atoms with Gasteiger partial charge in [0.15, 0.2) is 0 Å². The van der Waals surface area contributed by atoms with Gasteiger partial charge in [-0.3, -0.25) is 0 Å². The minimum absolute atomic E-state index is 0.251. The second kappa shape index (κ2) is 3.21. The van der Waals surface area contributed by atoms with E-state index in [2.05, 4.69) is 10.2 Å². The Morgan fingerprint density at radius 2 is 1.77 bits per heavy atom. The molecule has 0 atom stereocenters. The van der Waals surface area contributed by atoms with Gasteiger partial charge in [0.1, 0.15) is 0 Å². The standard InChI is InChI=1S/C7H14N4O2/c1-7(2,3-8)4-11-5(12)9-10-6(11)13/h3-4,8H2,1-2H3,(H,9,12)(H,10,13). The topological polar surface area (TPSA) is 96.7 Å². The van der Waals surface area contributed by atoms with Crippen LogP contribution in [0.1, 0.15) is 13.8 Å². The van der Waals surface area contributed by atoms with Crippen LogP contribution in [0.5, 0.6) is 0 Å². The van der Waals surface area contributed by atoms with Crippen LogP contribution in [0.25, 0.3) is 0 Å². The van der Waals surface area contributed by atoms with Crippen molar-refractivity contribution in [1.82, 2.24) is 14.8 Å². The fourth-order valence-electron chi connectivity index (χ4n) is 0.970. The van der Waals surface area contributed by atoms with Gasteiger partial charge in [-0.05, 0) is 12.0 Å². The molecule has 0 radical (unpaired) electrons. The molecule has 0 saturated carbocycles. The van der Waals surface area contributed by atoms with Crippen molar-refractivity contribution in [3.63, 3.8) is 0 Å². The molecule has 13 heavy (non-hydrogen) atoms. The van der Waals surface area contributed by atoms with Crippen LogP contribution in [0.15, 0.2) is 9.59 Å². The fourth-order valence-corrected chi connectivity index (χ4v) is 0.970. The third-order valence-electron chi connectivity index (χ3n) is 1.91. The fraction of sp³-hybridized carbons (Fsp3) is 0.714. The minimum atomic E-state index is -0.425. The molecule has 0 amide bonds. The molecule has 74 valence electrons. The summed E-state index contributed by atoms with van der Waals surface area (Å²) in [4.78, 5) is 22.1. The van der Waals surface area contributed by atoms with E-state index in [1.54, 1.807) is 0 Å². The molecule has 6 heteroatoms. The normalized spacial score (nSPS) is 11.9. The molecular formula is C7H14N4O2. The Hall–Kier alpha value is -1.30. The van der Waals surface area contributed by atoms with Gasteiger partial charge in [-0.1, -0.05) is 13.8 Å². The van der Waals surface area contributed by atoms with E-state index in [0.717, 1.165) is 4.57 Å². The third-order valence-corrected chi connectivity index (χ3v) is 1.91. The molecule has 0 spiro atoms. The van der Waals surface area contributed by atoms with E-state index in [4.69, 9.17) is 5.73 Å². The highest BCUT2D eigenvalue weighted by Gasteiger charge is 2.18. The Balaban J connectivity index is 2.99. The van der Waals surface area contributed by atoms with Crippen molar-refractivity contribution in [3.8, 4) is 0 Å². The number of nitrogens with two attached hydrogens (primary N) is 1. The van der Waals surface area contributed by atoms with Crippen LogP contribution in [0, 0.1) is 5.41 Å². The molecule has 0 aromatic carbocycles. The molecule has 0 fully saturated rings. The zero-order valence-corrected chi connectivity index (χ0v) is 7.76. The van der Waals surface area contributed by atoms with Crippen molar-refractivity contribution in [2.75, 3.05) is 6.54 Å². The van der Waals surface area contributed by atoms with Crippen molar-refractivity contribution < 1.29 is 0 Å². The van der Waals surface area contributed by atoms with E-state index in [1.807, 2.05) is 13.8 Å². The lowest BCUT2D eigenvalue weighted by Gasteiger charge is -2.21. The molecule has 0 aliphatic heterocycles. The Morgan fingerprint density at radius 1 is 1.31 bits per heavy atom. The van der Waals surface area contributed by atoms with Gasteiger partial charge in [-0.25, -0.2) is 24.4 Å². The Kier molecular flexibility index (Phi) is 2.42. The van der Waals surface area contributed by atoms with Crippen molar-refractivity contribution in [2.45, 2.75) is 20.4 Å². The summed E-state index contributed by atoms with van der Waals surface area (Å²) in [6, 6.07) is 0. The molecule has 1 aromatic heterocycles. The summed E-state index contributed by atoms with van der Waals surface area (Å²) in [5.74, 6) is 0. The number of rotatable bonds is 3. The maximum atomic E-state index is 11.1. The summed E-state index contributed by atoms with van der Waals surface area (Å²) >= 11 is 0. The lowest BCUT2D eigenvalue weighted by molar-refractivity contribution is 0.309. The van der Waals surface area contributed by atoms with Crippen LogP contribution >= 0.6 is 0 Å². The van der Waals surface area contributed by atoms with Crippen LogP contribution in [-0.2, 0) is 6.54 Å². The van der Waals surface area contributed by atoms with Gasteiger partial charge in [0.05, 0.1) is 0 Å². The Bertz CT molecular complexity index is 356. The minimum Gasteiger partial charge on any atom is -0.330 e. The van der Waals surface area contributed by atoms with Crippen molar-refractivity contribution >= 4 is 0 Å². The second-order valence-corrected chi connectivity index (χ2v) is 3.81. The van der Waals surface area contributed by atoms with Gasteiger partial charge >= 0.3 is 11.4 Å². The molecule has 0 saturated heterocycles. The SMILES string of the molecule is CC(C)(CN)Cn1c(=O)[nH][nH]c1=O. The summed E-state index contributed by atoms with van der Waals surface area (Å²) in [5, 5.41) is 4.43. The van der Waals surface area contributed by atoms with E-state index in [1.165, 1.54) is 0 Å². The monoisotopic (exact) mass is 186 g/mol. The average Bonchev–Trinajstić information content (AvgIpc) is 2.36. The lowest BCUT2D eigenvalue weighted by Crippen LogP contribution is -2.37. The van der Waals surface area contributed by atoms with Crippen LogP contribution < -0.4 is 17.1 Å². The van der Waals surface area contributed by atoms with Crippen molar-refractivity contribution in [1.29, 1.82) is 0 Å².